The van der Waals surface area contributed by atoms with Gasteiger partial charge in [0.05, 0.1) is 5.25 Å². The minimum absolute atomic E-state index is 0.465. The van der Waals surface area contributed by atoms with Gasteiger partial charge in [-0.15, -0.1) is 0 Å². The lowest BCUT2D eigenvalue weighted by molar-refractivity contribution is 0.570. The van der Waals surface area contributed by atoms with Gasteiger partial charge in [-0.2, -0.15) is 0 Å². The molecule has 1 aromatic carbocycles. The van der Waals surface area contributed by atoms with Crippen molar-refractivity contribution in [3.8, 4) is 0 Å². The van der Waals surface area contributed by atoms with Crippen LogP contribution >= 0.6 is 0 Å². The number of benzene rings is 1. The van der Waals surface area contributed by atoms with Crippen LogP contribution in [0.2, 0.25) is 0 Å². The lowest BCUT2D eigenvalue weighted by atomic mass is 9.98. The summed E-state index contributed by atoms with van der Waals surface area (Å²) in [6.07, 6.45) is 1.22. The number of rotatable bonds is 4. The molecule has 0 aliphatic carbocycles. The molecule has 2 N–H and O–H groups in total. The van der Waals surface area contributed by atoms with Crippen LogP contribution in [0.25, 0.3) is 0 Å². The van der Waals surface area contributed by atoms with Crippen molar-refractivity contribution < 1.29 is 8.42 Å². The van der Waals surface area contributed by atoms with Gasteiger partial charge in [0, 0.05) is 12.3 Å². The third-order valence-corrected chi connectivity index (χ3v) is 4.81. The highest BCUT2D eigenvalue weighted by Gasteiger charge is 2.23. The van der Waals surface area contributed by atoms with Crippen molar-refractivity contribution >= 4 is 9.84 Å². The zero-order valence-corrected chi connectivity index (χ0v) is 11.7. The van der Waals surface area contributed by atoms with Crippen molar-refractivity contribution in [1.29, 1.82) is 0 Å². The highest BCUT2D eigenvalue weighted by molar-refractivity contribution is 7.91. The minimum Gasteiger partial charge on any atom is -0.323 e. The van der Waals surface area contributed by atoms with E-state index in [4.69, 9.17) is 5.73 Å². The monoisotopic (exact) mass is 255 g/mol. The molecule has 3 nitrogen and oxygen atoms in total. The molecule has 4 heteroatoms. The van der Waals surface area contributed by atoms with Gasteiger partial charge in [-0.1, -0.05) is 38.1 Å². The fraction of sp³-hybridized carbons (Fsp3) is 0.538. The van der Waals surface area contributed by atoms with Crippen LogP contribution in [0.15, 0.2) is 24.3 Å². The fourth-order valence-electron chi connectivity index (χ4n) is 1.64. The molecule has 0 aliphatic rings. The number of nitrogens with two attached hydrogens (primary N) is 1. The van der Waals surface area contributed by atoms with Gasteiger partial charge in [0.15, 0.2) is 9.84 Å². The Kier molecular flexibility index (Phi) is 4.33. The SMILES string of the molecule is CC(C)c1ccc(C(N)C(C)S(C)(=O)=O)cc1. The van der Waals surface area contributed by atoms with Gasteiger partial charge in [-0.05, 0) is 24.0 Å². The lowest BCUT2D eigenvalue weighted by Crippen LogP contribution is -2.30. The normalized spacial score (nSPS) is 15.9. The third kappa shape index (κ3) is 3.54. The summed E-state index contributed by atoms with van der Waals surface area (Å²) in [5.41, 5.74) is 8.07. The van der Waals surface area contributed by atoms with Crippen LogP contribution in [0, 0.1) is 0 Å². The first-order chi connectivity index (χ1) is 7.73. The molecule has 0 bridgehead atoms. The van der Waals surface area contributed by atoms with Crippen molar-refractivity contribution in [3.05, 3.63) is 35.4 Å². The average Bonchev–Trinajstić information content (AvgIpc) is 2.26. The van der Waals surface area contributed by atoms with Crippen LogP contribution in [-0.4, -0.2) is 19.9 Å². The molecule has 0 fully saturated rings. The maximum atomic E-state index is 11.4. The van der Waals surface area contributed by atoms with E-state index in [-0.39, 0.29) is 0 Å². The summed E-state index contributed by atoms with van der Waals surface area (Å²) in [6.45, 7) is 5.89. The molecule has 2 unspecified atom stereocenters. The molecular formula is C13H21NO2S. The molecule has 0 radical (unpaired) electrons. The highest BCUT2D eigenvalue weighted by Crippen LogP contribution is 2.22. The van der Waals surface area contributed by atoms with Crippen LogP contribution in [0.3, 0.4) is 0 Å². The van der Waals surface area contributed by atoms with Crippen molar-refractivity contribution in [2.75, 3.05) is 6.26 Å². The molecule has 1 aromatic rings. The summed E-state index contributed by atoms with van der Waals surface area (Å²) in [4.78, 5) is 0. The Hall–Kier alpha value is -0.870. The summed E-state index contributed by atoms with van der Waals surface area (Å²) in [7, 11) is -3.10. The fourth-order valence-corrected chi connectivity index (χ4v) is 2.33. The lowest BCUT2D eigenvalue weighted by Gasteiger charge is -2.19. The maximum absolute atomic E-state index is 11.4. The quantitative estimate of drug-likeness (QED) is 0.897. The van der Waals surface area contributed by atoms with E-state index in [9.17, 15) is 8.42 Å². The molecule has 0 spiro atoms. The van der Waals surface area contributed by atoms with Crippen LogP contribution < -0.4 is 5.73 Å². The van der Waals surface area contributed by atoms with Gasteiger partial charge in [-0.25, -0.2) is 8.42 Å². The molecule has 0 aliphatic heterocycles. The second kappa shape index (κ2) is 5.19. The van der Waals surface area contributed by atoms with E-state index >= 15 is 0 Å². The summed E-state index contributed by atoms with van der Waals surface area (Å²) in [6, 6.07) is 7.39. The van der Waals surface area contributed by atoms with E-state index in [0.717, 1.165) is 5.56 Å². The zero-order chi connectivity index (χ0) is 13.2. The predicted molar refractivity (Wildman–Crippen MR) is 71.8 cm³/mol. The Morgan fingerprint density at radius 2 is 1.41 bits per heavy atom. The zero-order valence-electron chi connectivity index (χ0n) is 10.8. The maximum Gasteiger partial charge on any atom is 0.151 e. The largest absolute Gasteiger partial charge is 0.323 e. The molecule has 0 saturated heterocycles. The standard InChI is InChI=1S/C13H21NO2S/c1-9(2)11-5-7-12(8-6-11)13(14)10(3)17(4,15)16/h5-10,13H,14H2,1-4H3. The first-order valence-electron chi connectivity index (χ1n) is 5.77. The smallest absolute Gasteiger partial charge is 0.151 e. The van der Waals surface area contributed by atoms with E-state index in [1.165, 1.54) is 11.8 Å². The third-order valence-electron chi connectivity index (χ3n) is 3.17. The van der Waals surface area contributed by atoms with Crippen molar-refractivity contribution in [2.24, 2.45) is 5.73 Å². The van der Waals surface area contributed by atoms with E-state index in [1.54, 1.807) is 6.92 Å². The first-order valence-corrected chi connectivity index (χ1v) is 7.73. The predicted octanol–water partition coefficient (Wildman–Crippen LogP) is 2.24. The molecule has 0 amide bonds. The summed E-state index contributed by atoms with van der Waals surface area (Å²) >= 11 is 0. The van der Waals surface area contributed by atoms with Gasteiger partial charge in [0.1, 0.15) is 0 Å². The van der Waals surface area contributed by atoms with Gasteiger partial charge in [-0.3, -0.25) is 0 Å². The highest BCUT2D eigenvalue weighted by atomic mass is 32.2. The molecule has 17 heavy (non-hydrogen) atoms. The first kappa shape index (κ1) is 14.2. The van der Waals surface area contributed by atoms with Crippen molar-refractivity contribution in [1.82, 2.24) is 0 Å². The van der Waals surface area contributed by atoms with E-state index < -0.39 is 21.1 Å². The van der Waals surface area contributed by atoms with Crippen molar-refractivity contribution in [3.63, 3.8) is 0 Å². The number of hydrogen-bond donors (Lipinski definition) is 1. The van der Waals surface area contributed by atoms with Crippen LogP contribution in [0.5, 0.6) is 0 Å². The molecular weight excluding hydrogens is 234 g/mol. The Labute approximate surface area is 104 Å². The molecule has 0 saturated carbocycles. The Balaban J connectivity index is 2.94. The second-order valence-corrected chi connectivity index (χ2v) is 7.28. The average molecular weight is 255 g/mol. The Morgan fingerprint density at radius 3 is 1.76 bits per heavy atom. The Bertz CT molecular complexity index is 463. The van der Waals surface area contributed by atoms with E-state index in [0.29, 0.717) is 5.92 Å². The second-order valence-electron chi connectivity index (χ2n) is 4.88. The molecule has 2 atom stereocenters. The topological polar surface area (TPSA) is 60.2 Å². The van der Waals surface area contributed by atoms with Crippen molar-refractivity contribution in [2.45, 2.75) is 38.0 Å². The molecule has 0 aromatic heterocycles. The number of sulfone groups is 1. The summed E-state index contributed by atoms with van der Waals surface area (Å²) < 4.78 is 22.9. The van der Waals surface area contributed by atoms with Crippen LogP contribution in [0.4, 0.5) is 0 Å². The van der Waals surface area contributed by atoms with E-state index in [2.05, 4.69) is 13.8 Å². The molecule has 1 rings (SSSR count). The van der Waals surface area contributed by atoms with Gasteiger partial charge in [0.25, 0.3) is 0 Å². The molecule has 96 valence electrons. The summed E-state index contributed by atoms with van der Waals surface area (Å²) in [5, 5.41) is -0.563. The molecule has 0 heterocycles. The summed E-state index contributed by atoms with van der Waals surface area (Å²) in [5.74, 6) is 0.465. The van der Waals surface area contributed by atoms with E-state index in [1.807, 2.05) is 24.3 Å². The van der Waals surface area contributed by atoms with Gasteiger partial charge in [0.2, 0.25) is 0 Å². The van der Waals surface area contributed by atoms with Crippen LogP contribution in [0.1, 0.15) is 43.9 Å². The number of hydrogen-bond acceptors (Lipinski definition) is 3. The minimum atomic E-state index is -3.10. The van der Waals surface area contributed by atoms with Gasteiger partial charge < -0.3 is 5.73 Å². The van der Waals surface area contributed by atoms with Crippen LogP contribution in [-0.2, 0) is 9.84 Å². The van der Waals surface area contributed by atoms with Gasteiger partial charge >= 0.3 is 0 Å². The Morgan fingerprint density at radius 1 is 1.00 bits per heavy atom.